The first-order valence-corrected chi connectivity index (χ1v) is 6.93. The van der Waals surface area contributed by atoms with E-state index in [1.165, 1.54) is 0 Å². The van der Waals surface area contributed by atoms with Crippen LogP contribution in [0, 0.1) is 0 Å². The minimum atomic E-state index is -0.00723. The van der Waals surface area contributed by atoms with E-state index in [1.807, 2.05) is 4.90 Å². The summed E-state index contributed by atoms with van der Waals surface area (Å²) in [7, 11) is 1.71. The van der Waals surface area contributed by atoms with E-state index in [9.17, 15) is 4.79 Å². The molecule has 2 atom stereocenters. The summed E-state index contributed by atoms with van der Waals surface area (Å²) in [5.74, 6) is -0.00723. The van der Waals surface area contributed by atoms with Crippen molar-refractivity contribution < 1.29 is 14.3 Å². The lowest BCUT2D eigenvalue weighted by Gasteiger charge is -2.36. The first kappa shape index (κ1) is 13.5. The summed E-state index contributed by atoms with van der Waals surface area (Å²) in [4.78, 5) is 16.5. The Hall–Kier alpha value is -1.44. The number of rotatable bonds is 4. The van der Waals surface area contributed by atoms with Crippen molar-refractivity contribution in [2.75, 3.05) is 46.5 Å². The van der Waals surface area contributed by atoms with Crippen molar-refractivity contribution >= 4 is 5.91 Å². The van der Waals surface area contributed by atoms with E-state index in [-0.39, 0.29) is 18.1 Å². The maximum atomic E-state index is 12.3. The number of ether oxygens (including phenoxy) is 2. The molecule has 0 radical (unpaired) electrons. The molecular weight excluding hydrogens is 260 g/mol. The highest BCUT2D eigenvalue weighted by molar-refractivity contribution is 5.92. The number of hydrogen-bond donors (Lipinski definition) is 1. The molecule has 1 aromatic heterocycles. The SMILES string of the molecule is COCCN1CCO[C@H]2CN(C(=O)c3ccn[nH]3)C[C@H]21. The molecule has 1 amide bonds. The zero-order chi connectivity index (χ0) is 13.9. The predicted molar refractivity (Wildman–Crippen MR) is 71.5 cm³/mol. The van der Waals surface area contributed by atoms with Crippen LogP contribution in [0.5, 0.6) is 0 Å². The first-order valence-electron chi connectivity index (χ1n) is 6.93. The minimum Gasteiger partial charge on any atom is -0.383 e. The van der Waals surface area contributed by atoms with Crippen LogP contribution < -0.4 is 0 Å². The summed E-state index contributed by atoms with van der Waals surface area (Å²) in [5.41, 5.74) is 0.534. The van der Waals surface area contributed by atoms with Gasteiger partial charge in [-0.05, 0) is 6.07 Å². The summed E-state index contributed by atoms with van der Waals surface area (Å²) in [6.45, 7) is 4.55. The Morgan fingerprint density at radius 1 is 1.60 bits per heavy atom. The van der Waals surface area contributed by atoms with Crippen molar-refractivity contribution in [3.8, 4) is 0 Å². The van der Waals surface area contributed by atoms with E-state index in [2.05, 4.69) is 15.1 Å². The van der Waals surface area contributed by atoms with E-state index in [4.69, 9.17) is 9.47 Å². The number of morpholine rings is 1. The summed E-state index contributed by atoms with van der Waals surface area (Å²) in [6, 6.07) is 1.97. The summed E-state index contributed by atoms with van der Waals surface area (Å²) >= 11 is 0. The monoisotopic (exact) mass is 280 g/mol. The molecule has 0 aromatic carbocycles. The van der Waals surface area contributed by atoms with Crippen LogP contribution in [0.25, 0.3) is 0 Å². The average molecular weight is 280 g/mol. The predicted octanol–water partition coefficient (Wildman–Crippen LogP) is -0.419. The van der Waals surface area contributed by atoms with Gasteiger partial charge in [-0.1, -0.05) is 0 Å². The average Bonchev–Trinajstić information content (AvgIpc) is 3.12. The van der Waals surface area contributed by atoms with E-state index in [1.54, 1.807) is 19.4 Å². The van der Waals surface area contributed by atoms with Crippen molar-refractivity contribution in [1.82, 2.24) is 20.0 Å². The Bertz CT molecular complexity index is 450. The molecule has 3 heterocycles. The van der Waals surface area contributed by atoms with Gasteiger partial charge in [0.25, 0.3) is 5.91 Å². The highest BCUT2D eigenvalue weighted by atomic mass is 16.5. The fourth-order valence-electron chi connectivity index (χ4n) is 2.96. The van der Waals surface area contributed by atoms with Crippen molar-refractivity contribution in [3.05, 3.63) is 18.0 Å². The second-order valence-electron chi connectivity index (χ2n) is 5.19. The van der Waals surface area contributed by atoms with Crippen LogP contribution in [0.2, 0.25) is 0 Å². The number of likely N-dealkylation sites (tertiary alicyclic amines) is 1. The number of carbonyl (C=O) groups is 1. The molecule has 2 aliphatic rings. The molecule has 0 aliphatic carbocycles. The van der Waals surface area contributed by atoms with E-state index >= 15 is 0 Å². The number of aromatic nitrogens is 2. The van der Waals surface area contributed by atoms with Crippen LogP contribution in [0.15, 0.2) is 12.3 Å². The fourth-order valence-corrected chi connectivity index (χ4v) is 2.96. The molecule has 110 valence electrons. The number of aromatic amines is 1. The van der Waals surface area contributed by atoms with E-state index < -0.39 is 0 Å². The Balaban J connectivity index is 1.66. The quantitative estimate of drug-likeness (QED) is 0.811. The van der Waals surface area contributed by atoms with Gasteiger partial charge in [-0.15, -0.1) is 0 Å². The molecule has 1 aromatic rings. The molecule has 2 saturated heterocycles. The molecule has 7 nitrogen and oxygen atoms in total. The van der Waals surface area contributed by atoms with Crippen LogP contribution >= 0.6 is 0 Å². The largest absolute Gasteiger partial charge is 0.383 e. The lowest BCUT2D eigenvalue weighted by Crippen LogP contribution is -2.51. The summed E-state index contributed by atoms with van der Waals surface area (Å²) in [6.07, 6.45) is 1.70. The Morgan fingerprint density at radius 2 is 2.50 bits per heavy atom. The summed E-state index contributed by atoms with van der Waals surface area (Å²) in [5, 5.41) is 6.56. The number of fused-ring (bicyclic) bond motifs is 1. The molecule has 3 rings (SSSR count). The summed E-state index contributed by atoms with van der Waals surface area (Å²) < 4.78 is 11.0. The topological polar surface area (TPSA) is 70.7 Å². The molecule has 1 N–H and O–H groups in total. The zero-order valence-electron chi connectivity index (χ0n) is 11.6. The first-order chi connectivity index (χ1) is 9.79. The van der Waals surface area contributed by atoms with Gasteiger partial charge >= 0.3 is 0 Å². The molecule has 0 unspecified atom stereocenters. The van der Waals surface area contributed by atoms with Gasteiger partial charge < -0.3 is 14.4 Å². The number of nitrogens with one attached hydrogen (secondary N) is 1. The highest BCUT2D eigenvalue weighted by Crippen LogP contribution is 2.23. The number of H-pyrrole nitrogens is 1. The van der Waals surface area contributed by atoms with Gasteiger partial charge in [0.1, 0.15) is 5.69 Å². The lowest BCUT2D eigenvalue weighted by molar-refractivity contribution is -0.0526. The fraction of sp³-hybridized carbons (Fsp3) is 0.692. The smallest absolute Gasteiger partial charge is 0.272 e. The number of nitrogens with zero attached hydrogens (tertiary/aromatic N) is 3. The Morgan fingerprint density at radius 3 is 3.25 bits per heavy atom. The van der Waals surface area contributed by atoms with Crippen molar-refractivity contribution in [2.24, 2.45) is 0 Å². The minimum absolute atomic E-state index is 0.00723. The highest BCUT2D eigenvalue weighted by Gasteiger charge is 2.41. The van der Waals surface area contributed by atoms with Crippen LogP contribution in [-0.2, 0) is 9.47 Å². The molecule has 2 aliphatic heterocycles. The normalized spacial score (nSPS) is 26.8. The molecule has 2 fully saturated rings. The zero-order valence-corrected chi connectivity index (χ0v) is 11.6. The van der Waals surface area contributed by atoms with Gasteiger partial charge in [0.15, 0.2) is 0 Å². The van der Waals surface area contributed by atoms with Crippen molar-refractivity contribution in [2.45, 2.75) is 12.1 Å². The van der Waals surface area contributed by atoms with Gasteiger partial charge in [-0.3, -0.25) is 14.8 Å². The third-order valence-electron chi connectivity index (χ3n) is 4.02. The molecule has 7 heteroatoms. The number of amides is 1. The second kappa shape index (κ2) is 5.90. The second-order valence-corrected chi connectivity index (χ2v) is 5.19. The maximum absolute atomic E-state index is 12.3. The standard InChI is InChI=1S/C13H20N4O3/c1-19-6-4-16-5-7-20-12-9-17(8-11(12)16)13(18)10-2-3-14-15-10/h2-3,11-12H,4-9H2,1H3,(H,14,15)/t11-,12+/m1/s1. The van der Waals surface area contributed by atoms with E-state index in [0.717, 1.165) is 19.7 Å². The third-order valence-corrected chi connectivity index (χ3v) is 4.02. The van der Waals surface area contributed by atoms with Crippen LogP contribution in [0.4, 0.5) is 0 Å². The molecule has 20 heavy (non-hydrogen) atoms. The van der Waals surface area contributed by atoms with Crippen LogP contribution in [0.1, 0.15) is 10.5 Å². The Kier molecular flexibility index (Phi) is 4.00. The van der Waals surface area contributed by atoms with Gasteiger partial charge in [-0.25, -0.2) is 0 Å². The van der Waals surface area contributed by atoms with Gasteiger partial charge in [-0.2, -0.15) is 5.10 Å². The van der Waals surface area contributed by atoms with Gasteiger partial charge in [0, 0.05) is 39.5 Å². The maximum Gasteiger partial charge on any atom is 0.272 e. The number of carbonyl (C=O) groups excluding carboxylic acids is 1. The molecular formula is C13H20N4O3. The van der Waals surface area contributed by atoms with Crippen LogP contribution in [0.3, 0.4) is 0 Å². The number of hydrogen-bond acceptors (Lipinski definition) is 5. The van der Waals surface area contributed by atoms with Crippen molar-refractivity contribution in [3.63, 3.8) is 0 Å². The van der Waals surface area contributed by atoms with Gasteiger partial charge in [0.05, 0.1) is 25.4 Å². The van der Waals surface area contributed by atoms with E-state index in [0.29, 0.717) is 25.4 Å². The lowest BCUT2D eigenvalue weighted by atomic mass is 10.1. The third kappa shape index (κ3) is 2.56. The Labute approximate surface area is 117 Å². The molecule has 0 saturated carbocycles. The van der Waals surface area contributed by atoms with Crippen LogP contribution in [-0.4, -0.2) is 84.6 Å². The molecule has 0 spiro atoms. The van der Waals surface area contributed by atoms with Crippen molar-refractivity contribution in [1.29, 1.82) is 0 Å². The van der Waals surface area contributed by atoms with Gasteiger partial charge in [0.2, 0.25) is 0 Å². The number of methoxy groups -OCH3 is 1. The molecule has 0 bridgehead atoms.